The van der Waals surface area contributed by atoms with Crippen molar-refractivity contribution in [3.63, 3.8) is 0 Å². The van der Waals surface area contributed by atoms with E-state index in [0.717, 1.165) is 37.3 Å². The van der Waals surface area contributed by atoms with Crippen LogP contribution in [0.1, 0.15) is 31.9 Å². The van der Waals surface area contributed by atoms with Crippen LogP contribution >= 0.6 is 0 Å². The minimum Gasteiger partial charge on any atom is -0.348 e. The molecule has 1 aliphatic rings. The number of piperazine rings is 1. The van der Waals surface area contributed by atoms with E-state index in [1.807, 2.05) is 13.8 Å². The Kier molecular flexibility index (Phi) is 6.81. The van der Waals surface area contributed by atoms with Crippen LogP contribution in [-0.4, -0.2) is 48.4 Å². The summed E-state index contributed by atoms with van der Waals surface area (Å²) in [7, 11) is 0. The molecule has 1 amide bonds. The molecule has 0 aliphatic carbocycles. The summed E-state index contributed by atoms with van der Waals surface area (Å²) < 4.78 is 0. The summed E-state index contributed by atoms with van der Waals surface area (Å²) in [6.07, 6.45) is 1.63. The van der Waals surface area contributed by atoms with Crippen molar-refractivity contribution in [1.82, 2.24) is 15.1 Å². The lowest BCUT2D eigenvalue weighted by molar-refractivity contribution is -0.116. The Balaban J connectivity index is 1.78. The first-order valence-electron chi connectivity index (χ1n) is 8.52. The number of carbonyl (C=O) groups excluding carboxylic acids is 1. The summed E-state index contributed by atoms with van der Waals surface area (Å²) >= 11 is 0. The van der Waals surface area contributed by atoms with Crippen LogP contribution in [0.4, 0.5) is 0 Å². The van der Waals surface area contributed by atoms with Crippen LogP contribution in [0.5, 0.6) is 0 Å². The lowest BCUT2D eigenvalue weighted by Crippen LogP contribution is -2.45. The first-order valence-corrected chi connectivity index (χ1v) is 8.52. The molecule has 0 saturated carbocycles. The van der Waals surface area contributed by atoms with Crippen LogP contribution in [0.3, 0.4) is 0 Å². The van der Waals surface area contributed by atoms with Crippen LogP contribution in [0.25, 0.3) is 0 Å². The molecule has 126 valence electrons. The average Bonchev–Trinajstić information content (AvgIpc) is 2.54. The zero-order chi connectivity index (χ0) is 16.7. The Morgan fingerprint density at radius 3 is 2.17 bits per heavy atom. The molecule has 1 N–H and O–H groups in total. The third-order valence-corrected chi connectivity index (χ3v) is 4.23. The number of likely N-dealkylation sites (N-methyl/N-ethyl adjacent to an activating group) is 1. The number of nitrogens with zero attached hydrogens (tertiary/aromatic N) is 2. The fourth-order valence-electron chi connectivity index (χ4n) is 2.79. The van der Waals surface area contributed by atoms with Crippen molar-refractivity contribution in [3.05, 3.63) is 47.0 Å². The minimum atomic E-state index is -0.0251. The average molecular weight is 315 g/mol. The van der Waals surface area contributed by atoms with Gasteiger partial charge in [0.2, 0.25) is 5.91 Å². The van der Waals surface area contributed by atoms with Gasteiger partial charge in [-0.25, -0.2) is 0 Å². The Labute approximate surface area is 140 Å². The van der Waals surface area contributed by atoms with Crippen molar-refractivity contribution in [2.45, 2.75) is 33.9 Å². The van der Waals surface area contributed by atoms with Gasteiger partial charge in [-0.3, -0.25) is 9.69 Å². The summed E-state index contributed by atoms with van der Waals surface area (Å²) in [6, 6.07) is 8.57. The van der Waals surface area contributed by atoms with Gasteiger partial charge in [0.1, 0.15) is 0 Å². The summed E-state index contributed by atoms with van der Waals surface area (Å²) in [4.78, 5) is 16.6. The molecule has 1 heterocycles. The molecule has 1 aromatic carbocycles. The number of amides is 1. The van der Waals surface area contributed by atoms with Crippen molar-refractivity contribution in [1.29, 1.82) is 0 Å². The Morgan fingerprint density at radius 2 is 1.61 bits per heavy atom. The van der Waals surface area contributed by atoms with E-state index < -0.39 is 0 Å². The third kappa shape index (κ3) is 6.16. The number of hydrogen-bond donors (Lipinski definition) is 1. The number of allylic oxidation sites excluding steroid dienone is 1. The predicted molar refractivity (Wildman–Crippen MR) is 95.1 cm³/mol. The molecule has 0 unspecified atom stereocenters. The maximum atomic E-state index is 11.6. The maximum absolute atomic E-state index is 11.6. The number of rotatable bonds is 6. The van der Waals surface area contributed by atoms with Crippen molar-refractivity contribution < 1.29 is 4.79 Å². The van der Waals surface area contributed by atoms with Crippen LogP contribution < -0.4 is 5.32 Å². The van der Waals surface area contributed by atoms with Gasteiger partial charge in [-0.2, -0.15) is 0 Å². The van der Waals surface area contributed by atoms with Gasteiger partial charge in [0.15, 0.2) is 0 Å². The largest absolute Gasteiger partial charge is 0.348 e. The van der Waals surface area contributed by atoms with Crippen molar-refractivity contribution >= 4 is 5.91 Å². The van der Waals surface area contributed by atoms with Gasteiger partial charge in [-0.1, -0.05) is 36.8 Å². The molecule has 4 heteroatoms. The fourth-order valence-corrected chi connectivity index (χ4v) is 2.79. The highest BCUT2D eigenvalue weighted by molar-refractivity contribution is 5.87. The smallest absolute Gasteiger partial charge is 0.244 e. The molecule has 0 spiro atoms. The summed E-state index contributed by atoms with van der Waals surface area (Å²) in [5.74, 6) is -0.0251. The Hall–Kier alpha value is -1.65. The fraction of sp³-hybridized carbons (Fsp3) is 0.526. The quantitative estimate of drug-likeness (QED) is 0.819. The predicted octanol–water partition coefficient (Wildman–Crippen LogP) is 2.41. The highest BCUT2D eigenvalue weighted by atomic mass is 16.1. The Bertz CT molecular complexity index is 524. The van der Waals surface area contributed by atoms with E-state index in [-0.39, 0.29) is 5.91 Å². The SMILES string of the molecule is CCN1CCN(Cc2ccc(CNC(=O)C=C(C)C)cc2)CC1. The van der Waals surface area contributed by atoms with Crippen molar-refractivity contribution in [2.24, 2.45) is 0 Å². The van der Waals surface area contributed by atoms with E-state index in [1.165, 1.54) is 18.7 Å². The zero-order valence-electron chi connectivity index (χ0n) is 14.6. The van der Waals surface area contributed by atoms with Crippen LogP contribution in [0, 0.1) is 0 Å². The third-order valence-electron chi connectivity index (χ3n) is 4.23. The van der Waals surface area contributed by atoms with Crippen LogP contribution in [0.2, 0.25) is 0 Å². The van der Waals surface area contributed by atoms with E-state index in [1.54, 1.807) is 6.08 Å². The summed E-state index contributed by atoms with van der Waals surface area (Å²) in [5.41, 5.74) is 3.50. The summed E-state index contributed by atoms with van der Waals surface area (Å²) in [6.45, 7) is 13.5. The van der Waals surface area contributed by atoms with Crippen LogP contribution in [0.15, 0.2) is 35.9 Å². The normalized spacial score (nSPS) is 16.1. The topological polar surface area (TPSA) is 35.6 Å². The molecular formula is C19H29N3O. The maximum Gasteiger partial charge on any atom is 0.244 e. The van der Waals surface area contributed by atoms with Crippen molar-refractivity contribution in [3.8, 4) is 0 Å². The zero-order valence-corrected chi connectivity index (χ0v) is 14.6. The molecule has 0 radical (unpaired) electrons. The van der Waals surface area contributed by atoms with E-state index in [9.17, 15) is 4.79 Å². The number of benzene rings is 1. The van der Waals surface area contributed by atoms with Gasteiger partial charge >= 0.3 is 0 Å². The lowest BCUT2D eigenvalue weighted by Gasteiger charge is -2.34. The van der Waals surface area contributed by atoms with Gasteiger partial charge in [-0.05, 0) is 31.5 Å². The second kappa shape index (κ2) is 8.85. The molecule has 1 saturated heterocycles. The van der Waals surface area contributed by atoms with E-state index in [2.05, 4.69) is 46.3 Å². The van der Waals surface area contributed by atoms with E-state index in [0.29, 0.717) is 6.54 Å². The van der Waals surface area contributed by atoms with Crippen molar-refractivity contribution in [2.75, 3.05) is 32.7 Å². The number of nitrogens with one attached hydrogen (secondary N) is 1. The molecule has 1 fully saturated rings. The first-order chi connectivity index (χ1) is 11.1. The molecule has 0 aromatic heterocycles. The van der Waals surface area contributed by atoms with Crippen LogP contribution in [-0.2, 0) is 17.9 Å². The van der Waals surface area contributed by atoms with E-state index >= 15 is 0 Å². The number of carbonyl (C=O) groups is 1. The van der Waals surface area contributed by atoms with Gasteiger partial charge in [0.25, 0.3) is 0 Å². The Morgan fingerprint density at radius 1 is 1.04 bits per heavy atom. The number of hydrogen-bond acceptors (Lipinski definition) is 3. The van der Waals surface area contributed by atoms with Gasteiger partial charge in [0, 0.05) is 45.3 Å². The molecule has 1 aliphatic heterocycles. The second-order valence-electron chi connectivity index (χ2n) is 6.47. The standard InChI is InChI=1S/C19H29N3O/c1-4-21-9-11-22(12-10-21)15-18-7-5-17(6-8-18)14-20-19(23)13-16(2)3/h5-8,13H,4,9-12,14-15H2,1-3H3,(H,20,23). The molecular weight excluding hydrogens is 286 g/mol. The molecule has 2 rings (SSSR count). The highest BCUT2D eigenvalue weighted by Gasteiger charge is 2.15. The lowest BCUT2D eigenvalue weighted by atomic mass is 10.1. The second-order valence-corrected chi connectivity index (χ2v) is 6.47. The van der Waals surface area contributed by atoms with Gasteiger partial charge in [0.05, 0.1) is 0 Å². The molecule has 0 bridgehead atoms. The summed E-state index contributed by atoms with van der Waals surface area (Å²) in [5, 5.41) is 2.91. The molecule has 23 heavy (non-hydrogen) atoms. The first kappa shape index (κ1) is 17.7. The van der Waals surface area contributed by atoms with Gasteiger partial charge in [-0.15, -0.1) is 0 Å². The molecule has 4 nitrogen and oxygen atoms in total. The van der Waals surface area contributed by atoms with Gasteiger partial charge < -0.3 is 10.2 Å². The minimum absolute atomic E-state index is 0.0251. The molecule has 0 atom stereocenters. The highest BCUT2D eigenvalue weighted by Crippen LogP contribution is 2.10. The van der Waals surface area contributed by atoms with E-state index in [4.69, 9.17) is 0 Å². The molecule has 1 aromatic rings. The monoisotopic (exact) mass is 315 g/mol.